The van der Waals surface area contributed by atoms with E-state index in [9.17, 15) is 4.79 Å². The number of nitrogens with zero attached hydrogens (tertiary/aromatic N) is 1. The second-order valence-corrected chi connectivity index (χ2v) is 7.25. The highest BCUT2D eigenvalue weighted by Gasteiger charge is 2.39. The van der Waals surface area contributed by atoms with Crippen molar-refractivity contribution >= 4 is 5.91 Å². The molecule has 24 heavy (non-hydrogen) atoms. The van der Waals surface area contributed by atoms with Crippen LogP contribution < -0.4 is 10.1 Å². The minimum absolute atomic E-state index is 0.165. The lowest BCUT2D eigenvalue weighted by Crippen LogP contribution is -2.53. The summed E-state index contributed by atoms with van der Waals surface area (Å²) in [5.41, 5.74) is 0.713. The molecule has 2 fully saturated rings. The van der Waals surface area contributed by atoms with Crippen LogP contribution >= 0.6 is 0 Å². The zero-order valence-corrected chi connectivity index (χ0v) is 14.9. The zero-order valence-electron chi connectivity index (χ0n) is 14.9. The van der Waals surface area contributed by atoms with E-state index < -0.39 is 0 Å². The number of nitrogens with one attached hydrogen (secondary N) is 1. The Morgan fingerprint density at radius 2 is 2.12 bits per heavy atom. The SMILES string of the molecule is COc1ccccc1C(C)(C)NCC(=O)N1CCOCC1C1CC1. The largest absolute Gasteiger partial charge is 0.496 e. The topological polar surface area (TPSA) is 50.8 Å². The van der Waals surface area contributed by atoms with Gasteiger partial charge in [-0.05, 0) is 38.7 Å². The minimum atomic E-state index is -0.344. The van der Waals surface area contributed by atoms with Crippen LogP contribution in [0.15, 0.2) is 24.3 Å². The van der Waals surface area contributed by atoms with Gasteiger partial charge < -0.3 is 14.4 Å². The summed E-state index contributed by atoms with van der Waals surface area (Å²) in [6, 6.07) is 8.21. The number of morpholine rings is 1. The van der Waals surface area contributed by atoms with Crippen molar-refractivity contribution in [3.8, 4) is 5.75 Å². The molecular formula is C19H28N2O3. The highest BCUT2D eigenvalue weighted by molar-refractivity contribution is 5.79. The van der Waals surface area contributed by atoms with Crippen molar-refractivity contribution in [2.24, 2.45) is 5.92 Å². The van der Waals surface area contributed by atoms with Gasteiger partial charge in [-0.1, -0.05) is 18.2 Å². The summed E-state index contributed by atoms with van der Waals surface area (Å²) in [5, 5.41) is 3.41. The maximum absolute atomic E-state index is 12.7. The molecule has 5 nitrogen and oxygen atoms in total. The van der Waals surface area contributed by atoms with Gasteiger partial charge in [0.15, 0.2) is 0 Å². The number of rotatable bonds is 6. The van der Waals surface area contributed by atoms with Gasteiger partial charge in [0.2, 0.25) is 5.91 Å². The lowest BCUT2D eigenvalue weighted by Gasteiger charge is -2.37. The number of hydrogen-bond donors (Lipinski definition) is 1. The molecule has 2 aliphatic rings. The molecule has 0 radical (unpaired) electrons. The lowest BCUT2D eigenvalue weighted by atomic mass is 9.93. The molecule has 132 valence electrons. The Morgan fingerprint density at radius 1 is 1.38 bits per heavy atom. The molecule has 5 heteroatoms. The molecule has 1 saturated heterocycles. The quantitative estimate of drug-likeness (QED) is 0.867. The van der Waals surface area contributed by atoms with Crippen LogP contribution in [-0.4, -0.2) is 50.3 Å². The van der Waals surface area contributed by atoms with Gasteiger partial charge in [0.05, 0.1) is 32.9 Å². The third-order valence-corrected chi connectivity index (χ3v) is 5.11. The highest BCUT2D eigenvalue weighted by atomic mass is 16.5. The Morgan fingerprint density at radius 3 is 2.83 bits per heavy atom. The second kappa shape index (κ2) is 7.11. The standard InChI is InChI=1S/C19H28N2O3/c1-19(2,15-6-4-5-7-17(15)23-3)20-12-18(22)21-10-11-24-13-16(21)14-8-9-14/h4-7,14,16,20H,8-13H2,1-3H3. The molecule has 1 saturated carbocycles. The molecule has 0 bridgehead atoms. The van der Waals surface area contributed by atoms with Crippen molar-refractivity contribution in [3.63, 3.8) is 0 Å². The molecular weight excluding hydrogens is 304 g/mol. The number of amides is 1. The van der Waals surface area contributed by atoms with Crippen molar-refractivity contribution in [2.45, 2.75) is 38.3 Å². The summed E-state index contributed by atoms with van der Waals surface area (Å²) in [4.78, 5) is 14.8. The van der Waals surface area contributed by atoms with Crippen molar-refractivity contribution in [3.05, 3.63) is 29.8 Å². The summed E-state index contributed by atoms with van der Waals surface area (Å²) < 4.78 is 11.0. The molecule has 0 spiro atoms. The van der Waals surface area contributed by atoms with Crippen LogP contribution in [0.1, 0.15) is 32.3 Å². The van der Waals surface area contributed by atoms with Crippen LogP contribution in [0, 0.1) is 5.92 Å². The minimum Gasteiger partial charge on any atom is -0.496 e. The number of benzene rings is 1. The van der Waals surface area contributed by atoms with Gasteiger partial charge >= 0.3 is 0 Å². The predicted octanol–water partition coefficient (Wildman–Crippen LogP) is 2.16. The van der Waals surface area contributed by atoms with Crippen molar-refractivity contribution < 1.29 is 14.3 Å². The summed E-state index contributed by atoms with van der Waals surface area (Å²) in [5.74, 6) is 1.64. The van der Waals surface area contributed by atoms with Gasteiger partial charge in [0.25, 0.3) is 0 Å². The molecule has 3 rings (SSSR count). The predicted molar refractivity (Wildman–Crippen MR) is 93.1 cm³/mol. The summed E-state index contributed by atoms with van der Waals surface area (Å²) in [6.07, 6.45) is 2.44. The number of carbonyl (C=O) groups excluding carboxylic acids is 1. The molecule has 1 aliphatic carbocycles. The second-order valence-electron chi connectivity index (χ2n) is 7.25. The molecule has 1 aromatic rings. The average molecular weight is 332 g/mol. The van der Waals surface area contributed by atoms with Gasteiger partial charge in [-0.3, -0.25) is 10.1 Å². The summed E-state index contributed by atoms with van der Waals surface area (Å²) in [6.45, 7) is 6.52. The Balaban J connectivity index is 1.64. The summed E-state index contributed by atoms with van der Waals surface area (Å²) in [7, 11) is 1.67. The number of hydrogen-bond acceptors (Lipinski definition) is 4. The van der Waals surface area contributed by atoms with Crippen molar-refractivity contribution in [2.75, 3.05) is 33.4 Å². The van der Waals surface area contributed by atoms with Crippen LogP contribution in [-0.2, 0) is 15.1 Å². The number of para-hydroxylation sites is 1. The number of carbonyl (C=O) groups is 1. The number of methoxy groups -OCH3 is 1. The first-order chi connectivity index (χ1) is 11.5. The van der Waals surface area contributed by atoms with Gasteiger partial charge in [-0.25, -0.2) is 0 Å². The van der Waals surface area contributed by atoms with Crippen LogP contribution in [0.25, 0.3) is 0 Å². The molecule has 1 aromatic carbocycles. The Labute approximate surface area is 144 Å². The Hall–Kier alpha value is -1.59. The van der Waals surface area contributed by atoms with E-state index in [1.165, 1.54) is 12.8 Å². The molecule has 1 aliphatic heterocycles. The molecule has 0 aromatic heterocycles. The highest BCUT2D eigenvalue weighted by Crippen LogP contribution is 2.36. The normalized spacial score (nSPS) is 21.6. The van der Waals surface area contributed by atoms with E-state index in [1.807, 2.05) is 29.2 Å². The molecule has 1 amide bonds. The fraction of sp³-hybridized carbons (Fsp3) is 0.632. The van der Waals surface area contributed by atoms with Gasteiger partial charge in [-0.2, -0.15) is 0 Å². The van der Waals surface area contributed by atoms with Crippen molar-refractivity contribution in [1.29, 1.82) is 0 Å². The third kappa shape index (κ3) is 3.73. The van der Waals surface area contributed by atoms with Crippen LogP contribution in [0.3, 0.4) is 0 Å². The Bertz CT molecular complexity index is 584. The van der Waals surface area contributed by atoms with E-state index in [0.29, 0.717) is 32.2 Å². The van der Waals surface area contributed by atoms with Crippen LogP contribution in [0.2, 0.25) is 0 Å². The smallest absolute Gasteiger partial charge is 0.236 e. The zero-order chi connectivity index (χ0) is 17.2. The van der Waals surface area contributed by atoms with Crippen LogP contribution in [0.4, 0.5) is 0 Å². The van der Waals surface area contributed by atoms with Crippen LogP contribution in [0.5, 0.6) is 5.75 Å². The first-order valence-electron chi connectivity index (χ1n) is 8.78. The lowest BCUT2D eigenvalue weighted by molar-refractivity contribution is -0.140. The van der Waals surface area contributed by atoms with Gasteiger partial charge in [-0.15, -0.1) is 0 Å². The number of ether oxygens (including phenoxy) is 2. The maximum Gasteiger partial charge on any atom is 0.236 e. The Kier molecular flexibility index (Phi) is 5.11. The first kappa shape index (κ1) is 17.2. The van der Waals surface area contributed by atoms with E-state index >= 15 is 0 Å². The van der Waals surface area contributed by atoms with Crippen molar-refractivity contribution in [1.82, 2.24) is 10.2 Å². The molecule has 1 atom stereocenters. The molecule has 1 heterocycles. The third-order valence-electron chi connectivity index (χ3n) is 5.11. The monoisotopic (exact) mass is 332 g/mol. The summed E-state index contributed by atoms with van der Waals surface area (Å²) >= 11 is 0. The van der Waals surface area contributed by atoms with E-state index in [0.717, 1.165) is 11.3 Å². The van der Waals surface area contributed by atoms with E-state index in [1.54, 1.807) is 7.11 Å². The van der Waals surface area contributed by atoms with Gasteiger partial charge in [0.1, 0.15) is 5.75 Å². The first-order valence-corrected chi connectivity index (χ1v) is 8.78. The average Bonchev–Trinajstić information content (AvgIpc) is 3.44. The fourth-order valence-electron chi connectivity index (χ4n) is 3.46. The maximum atomic E-state index is 12.7. The van der Waals surface area contributed by atoms with E-state index in [4.69, 9.17) is 9.47 Å². The molecule has 1 N–H and O–H groups in total. The van der Waals surface area contributed by atoms with E-state index in [2.05, 4.69) is 19.2 Å². The van der Waals surface area contributed by atoms with E-state index in [-0.39, 0.29) is 17.5 Å². The fourth-order valence-corrected chi connectivity index (χ4v) is 3.46. The molecule has 1 unspecified atom stereocenters. The van der Waals surface area contributed by atoms with Gasteiger partial charge in [0, 0.05) is 17.6 Å².